The largest absolute Gasteiger partial charge is 0.462 e. The molecule has 4 aromatic rings. The Balaban J connectivity index is 1.50. The molecule has 0 N–H and O–H groups in total. The van der Waals surface area contributed by atoms with Crippen molar-refractivity contribution in [2.75, 3.05) is 11.5 Å². The second-order valence-corrected chi connectivity index (χ2v) is 10.5. The number of carbonyl (C=O) groups excluding carboxylic acids is 1. The van der Waals surface area contributed by atoms with E-state index in [9.17, 15) is 4.79 Å². The molecule has 0 fully saturated rings. The lowest BCUT2D eigenvalue weighted by Gasteiger charge is -2.50. The van der Waals surface area contributed by atoms with Crippen molar-refractivity contribution >= 4 is 17.3 Å². The normalized spacial score (nSPS) is 18.0. The summed E-state index contributed by atoms with van der Waals surface area (Å²) in [6.07, 6.45) is 2.95. The van der Waals surface area contributed by atoms with E-state index >= 15 is 8.78 Å². The first-order valence-electron chi connectivity index (χ1n) is 13.4. The number of anilines is 2. The number of para-hydroxylation sites is 2. The minimum Gasteiger partial charge on any atom is -0.462 e. The van der Waals surface area contributed by atoms with Crippen molar-refractivity contribution in [2.45, 2.75) is 24.7 Å². The average Bonchev–Trinajstić information content (AvgIpc) is 2.97. The number of hydrogen-bond acceptors (Lipinski definition) is 4. The number of rotatable bonds is 1. The molecule has 0 unspecified atom stereocenters. The van der Waals surface area contributed by atoms with Crippen LogP contribution in [0, 0.1) is 5.82 Å². The number of carbonyl (C=O) groups is 1. The van der Waals surface area contributed by atoms with Crippen molar-refractivity contribution in [1.29, 1.82) is 0 Å². The fourth-order valence-corrected chi connectivity index (χ4v) is 6.85. The first-order chi connectivity index (χ1) is 19.6. The highest BCUT2D eigenvalue weighted by molar-refractivity contribution is 5.94. The van der Waals surface area contributed by atoms with E-state index in [2.05, 4.69) is 4.90 Å². The highest BCUT2D eigenvalue weighted by atomic mass is 19.1. The van der Waals surface area contributed by atoms with Gasteiger partial charge in [0.25, 0.3) is 0 Å². The SMILES string of the molecule is O=C1OCCc2ccc(N3C4=C(C=C(F)CC4)C4(c5ccccc5Oc5ccccc54)c4cc(F)ccc43)cc21. The fourth-order valence-electron chi connectivity index (χ4n) is 6.85. The first kappa shape index (κ1) is 23.2. The Hall–Kier alpha value is -4.71. The van der Waals surface area contributed by atoms with Crippen molar-refractivity contribution < 1.29 is 23.0 Å². The molecule has 6 heteroatoms. The van der Waals surface area contributed by atoms with Gasteiger partial charge in [-0.25, -0.2) is 13.6 Å². The van der Waals surface area contributed by atoms with Crippen molar-refractivity contribution in [3.05, 3.63) is 142 Å². The molecule has 40 heavy (non-hydrogen) atoms. The number of hydrogen-bond donors (Lipinski definition) is 0. The number of fused-ring (bicyclic) bond motifs is 8. The van der Waals surface area contributed by atoms with Gasteiger partial charge in [-0.2, -0.15) is 0 Å². The predicted octanol–water partition coefficient (Wildman–Crippen LogP) is 8.03. The third-order valence-corrected chi connectivity index (χ3v) is 8.47. The van der Waals surface area contributed by atoms with Crippen LogP contribution >= 0.6 is 0 Å². The van der Waals surface area contributed by atoms with Crippen molar-refractivity contribution in [3.63, 3.8) is 0 Å². The summed E-state index contributed by atoms with van der Waals surface area (Å²) < 4.78 is 42.3. The summed E-state index contributed by atoms with van der Waals surface area (Å²) in [5, 5.41) is 0. The molecule has 0 atom stereocenters. The second-order valence-electron chi connectivity index (χ2n) is 10.5. The van der Waals surface area contributed by atoms with E-state index in [1.165, 1.54) is 6.07 Å². The molecule has 0 bridgehead atoms. The molecule has 196 valence electrons. The van der Waals surface area contributed by atoms with Gasteiger partial charge in [0.1, 0.15) is 23.1 Å². The van der Waals surface area contributed by atoms with E-state index in [0.717, 1.165) is 39.3 Å². The van der Waals surface area contributed by atoms with Crippen LogP contribution < -0.4 is 9.64 Å². The van der Waals surface area contributed by atoms with E-state index in [4.69, 9.17) is 9.47 Å². The Morgan fingerprint density at radius 1 is 0.775 bits per heavy atom. The smallest absolute Gasteiger partial charge is 0.338 e. The Morgan fingerprint density at radius 3 is 2.30 bits per heavy atom. The molecule has 0 aromatic heterocycles. The van der Waals surface area contributed by atoms with Crippen molar-refractivity contribution in [1.82, 2.24) is 0 Å². The summed E-state index contributed by atoms with van der Waals surface area (Å²) in [6.45, 7) is 0.361. The van der Waals surface area contributed by atoms with Crippen molar-refractivity contribution in [3.8, 4) is 11.5 Å². The molecule has 0 radical (unpaired) electrons. The van der Waals surface area contributed by atoms with Gasteiger partial charge in [-0.15, -0.1) is 0 Å². The standard InChI is InChI=1S/C34H23F2NO3/c35-21-10-13-29-27(17-21)34(25-5-1-3-7-31(25)40-32-8-4-2-6-26(32)34)28-18-22(36)11-14-30(28)37(29)23-12-9-20-15-16-39-33(38)24(20)19-23/h1-10,12-13,17-19H,11,14-16H2. The zero-order valence-corrected chi connectivity index (χ0v) is 21.4. The summed E-state index contributed by atoms with van der Waals surface area (Å²) in [7, 11) is 0. The van der Waals surface area contributed by atoms with Gasteiger partial charge >= 0.3 is 5.97 Å². The molecule has 1 aliphatic carbocycles. The number of nitrogens with zero attached hydrogens (tertiary/aromatic N) is 1. The van der Waals surface area contributed by atoms with E-state index in [-0.39, 0.29) is 18.2 Å². The summed E-state index contributed by atoms with van der Waals surface area (Å²) in [5.41, 5.74) is 5.93. The number of halogens is 2. The molecule has 3 heterocycles. The second kappa shape index (κ2) is 8.39. The minimum atomic E-state index is -1.01. The number of cyclic esters (lactones) is 1. The summed E-state index contributed by atoms with van der Waals surface area (Å²) in [5.74, 6) is 0.318. The summed E-state index contributed by atoms with van der Waals surface area (Å²) >= 11 is 0. The van der Waals surface area contributed by atoms with E-state index in [1.54, 1.807) is 18.2 Å². The number of esters is 1. The van der Waals surface area contributed by atoms with Crippen LogP contribution in [0.2, 0.25) is 0 Å². The van der Waals surface area contributed by atoms with E-state index in [0.29, 0.717) is 42.1 Å². The molecule has 4 nitrogen and oxygen atoms in total. The zero-order valence-electron chi connectivity index (χ0n) is 21.4. The molecule has 0 saturated heterocycles. The van der Waals surface area contributed by atoms with Crippen LogP contribution in [0.1, 0.15) is 45.5 Å². The lowest BCUT2D eigenvalue weighted by atomic mass is 9.60. The maximum absolute atomic E-state index is 15.3. The predicted molar refractivity (Wildman–Crippen MR) is 147 cm³/mol. The van der Waals surface area contributed by atoms with Crippen LogP contribution in [0.3, 0.4) is 0 Å². The Morgan fingerprint density at radius 2 is 1.52 bits per heavy atom. The highest BCUT2D eigenvalue weighted by Crippen LogP contribution is 2.62. The number of benzene rings is 4. The first-order valence-corrected chi connectivity index (χ1v) is 13.4. The molecule has 8 rings (SSSR count). The van der Waals surface area contributed by atoms with Gasteiger partial charge in [0.15, 0.2) is 0 Å². The van der Waals surface area contributed by atoms with Gasteiger partial charge in [0, 0.05) is 35.4 Å². The van der Waals surface area contributed by atoms with E-state index < -0.39 is 11.2 Å². The molecule has 1 spiro atoms. The molecule has 4 aromatic carbocycles. The molecule has 0 amide bonds. The highest BCUT2D eigenvalue weighted by Gasteiger charge is 2.52. The topological polar surface area (TPSA) is 38.8 Å². The van der Waals surface area contributed by atoms with Crippen LogP contribution in [-0.4, -0.2) is 12.6 Å². The van der Waals surface area contributed by atoms with Gasteiger partial charge in [-0.3, -0.25) is 0 Å². The van der Waals surface area contributed by atoms with Gasteiger partial charge in [0.05, 0.1) is 23.3 Å². The van der Waals surface area contributed by atoms with Crippen LogP contribution in [0.15, 0.2) is 108 Å². The van der Waals surface area contributed by atoms with Crippen LogP contribution in [0.25, 0.3) is 0 Å². The van der Waals surface area contributed by atoms with E-state index in [1.807, 2.05) is 66.7 Å². The Bertz CT molecular complexity index is 1780. The minimum absolute atomic E-state index is 0.228. The quantitative estimate of drug-likeness (QED) is 0.233. The lowest BCUT2D eigenvalue weighted by Crippen LogP contribution is -2.42. The van der Waals surface area contributed by atoms with Gasteiger partial charge in [0.2, 0.25) is 0 Å². The van der Waals surface area contributed by atoms with Gasteiger partial charge in [-0.05, 0) is 71.7 Å². The zero-order chi connectivity index (χ0) is 27.0. The van der Waals surface area contributed by atoms with Gasteiger partial charge in [-0.1, -0.05) is 42.5 Å². The molecular formula is C34H23F2NO3. The Kier molecular flexibility index (Phi) is 4.87. The molecule has 4 aliphatic rings. The lowest BCUT2D eigenvalue weighted by molar-refractivity contribution is 0.0480. The summed E-state index contributed by atoms with van der Waals surface area (Å²) in [4.78, 5) is 14.7. The molecule has 0 saturated carbocycles. The fraction of sp³-hybridized carbons (Fsp3) is 0.147. The number of ether oxygens (including phenoxy) is 2. The third-order valence-electron chi connectivity index (χ3n) is 8.47. The average molecular weight is 532 g/mol. The van der Waals surface area contributed by atoms with Gasteiger partial charge < -0.3 is 14.4 Å². The van der Waals surface area contributed by atoms with Crippen LogP contribution in [0.4, 0.5) is 20.2 Å². The van der Waals surface area contributed by atoms with Crippen LogP contribution in [-0.2, 0) is 16.6 Å². The number of allylic oxidation sites excluding steroid dienone is 4. The monoisotopic (exact) mass is 531 g/mol. The molecular weight excluding hydrogens is 508 g/mol. The Labute approximate surface area is 229 Å². The van der Waals surface area contributed by atoms with Crippen LogP contribution in [0.5, 0.6) is 11.5 Å². The summed E-state index contributed by atoms with van der Waals surface area (Å²) in [6, 6.07) is 26.0. The maximum Gasteiger partial charge on any atom is 0.338 e. The maximum atomic E-state index is 15.3. The third kappa shape index (κ3) is 3.07. The van der Waals surface area contributed by atoms with Crippen molar-refractivity contribution in [2.24, 2.45) is 0 Å². The molecule has 3 aliphatic heterocycles.